The van der Waals surface area contributed by atoms with Crippen molar-refractivity contribution < 1.29 is 9.59 Å². The Balaban J connectivity index is 2.70. The Kier molecular flexibility index (Phi) is 2.31. The maximum Gasteiger partial charge on any atom is 0.256 e. The summed E-state index contributed by atoms with van der Waals surface area (Å²) in [4.78, 5) is 23.7. The van der Waals surface area contributed by atoms with Crippen molar-refractivity contribution in [1.82, 2.24) is 4.90 Å². The SMILES string of the molecule is C=C1CC(=O)N(CC(C)C)C1=O. The predicted molar refractivity (Wildman–Crippen MR) is 45.3 cm³/mol. The van der Waals surface area contributed by atoms with Crippen molar-refractivity contribution in [3.63, 3.8) is 0 Å². The molecule has 66 valence electrons. The molecule has 12 heavy (non-hydrogen) atoms. The molecule has 0 aromatic rings. The molecular formula is C9H13NO2. The molecule has 3 heteroatoms. The third kappa shape index (κ3) is 1.55. The molecule has 0 radical (unpaired) electrons. The number of carbonyl (C=O) groups excluding carboxylic acids is 2. The Morgan fingerprint density at radius 1 is 1.50 bits per heavy atom. The van der Waals surface area contributed by atoms with Gasteiger partial charge in [0.1, 0.15) is 0 Å². The molecule has 0 aromatic carbocycles. The van der Waals surface area contributed by atoms with Crippen LogP contribution in [-0.2, 0) is 9.59 Å². The Hall–Kier alpha value is -1.12. The van der Waals surface area contributed by atoms with Gasteiger partial charge in [0.2, 0.25) is 5.91 Å². The van der Waals surface area contributed by atoms with E-state index in [2.05, 4.69) is 6.58 Å². The molecule has 2 amide bonds. The zero-order valence-electron chi connectivity index (χ0n) is 7.46. The molecule has 0 saturated carbocycles. The zero-order valence-corrected chi connectivity index (χ0v) is 7.46. The summed E-state index contributed by atoms with van der Waals surface area (Å²) in [7, 11) is 0. The third-order valence-electron chi connectivity index (χ3n) is 1.76. The van der Waals surface area contributed by atoms with E-state index in [4.69, 9.17) is 0 Å². The van der Waals surface area contributed by atoms with Crippen LogP contribution in [0.25, 0.3) is 0 Å². The monoisotopic (exact) mass is 167 g/mol. The lowest BCUT2D eigenvalue weighted by molar-refractivity contribution is -0.138. The van der Waals surface area contributed by atoms with Gasteiger partial charge in [-0.2, -0.15) is 0 Å². The highest BCUT2D eigenvalue weighted by Crippen LogP contribution is 2.17. The molecular weight excluding hydrogens is 154 g/mol. The minimum absolute atomic E-state index is 0.112. The maximum atomic E-state index is 11.3. The highest BCUT2D eigenvalue weighted by molar-refractivity contribution is 6.12. The number of hydrogen-bond acceptors (Lipinski definition) is 2. The Bertz CT molecular complexity index is 243. The average Bonchev–Trinajstić information content (AvgIpc) is 2.16. The average molecular weight is 167 g/mol. The zero-order chi connectivity index (χ0) is 9.30. The lowest BCUT2D eigenvalue weighted by Gasteiger charge is -2.15. The molecule has 3 nitrogen and oxygen atoms in total. The largest absolute Gasteiger partial charge is 0.278 e. The molecule has 1 saturated heterocycles. The molecule has 0 bridgehead atoms. The number of imide groups is 1. The second-order valence-electron chi connectivity index (χ2n) is 3.48. The maximum absolute atomic E-state index is 11.3. The minimum Gasteiger partial charge on any atom is -0.278 e. The van der Waals surface area contributed by atoms with E-state index in [1.165, 1.54) is 4.90 Å². The molecule has 0 spiro atoms. The first kappa shape index (κ1) is 8.97. The van der Waals surface area contributed by atoms with Gasteiger partial charge in [-0.25, -0.2) is 0 Å². The van der Waals surface area contributed by atoms with Crippen LogP contribution in [0.4, 0.5) is 0 Å². The first-order valence-electron chi connectivity index (χ1n) is 4.05. The van der Waals surface area contributed by atoms with Gasteiger partial charge >= 0.3 is 0 Å². The number of likely N-dealkylation sites (tertiary alicyclic amines) is 1. The van der Waals surface area contributed by atoms with Crippen LogP contribution in [0.1, 0.15) is 20.3 Å². The van der Waals surface area contributed by atoms with E-state index < -0.39 is 0 Å². The standard InChI is InChI=1S/C9H13NO2/c1-6(2)5-10-8(11)4-7(3)9(10)12/h6H,3-5H2,1-2H3. The van der Waals surface area contributed by atoms with Crippen LogP contribution in [-0.4, -0.2) is 23.3 Å². The molecule has 0 aromatic heterocycles. The van der Waals surface area contributed by atoms with Crippen LogP contribution < -0.4 is 0 Å². The predicted octanol–water partition coefficient (Wildman–Crippen LogP) is 0.958. The van der Waals surface area contributed by atoms with Crippen molar-refractivity contribution in [3.8, 4) is 0 Å². The van der Waals surface area contributed by atoms with E-state index in [9.17, 15) is 9.59 Å². The number of carbonyl (C=O) groups is 2. The van der Waals surface area contributed by atoms with Crippen LogP contribution in [0.3, 0.4) is 0 Å². The fourth-order valence-electron chi connectivity index (χ4n) is 1.21. The fraction of sp³-hybridized carbons (Fsp3) is 0.556. The van der Waals surface area contributed by atoms with Crippen molar-refractivity contribution in [2.24, 2.45) is 5.92 Å². The van der Waals surface area contributed by atoms with Gasteiger partial charge < -0.3 is 0 Å². The van der Waals surface area contributed by atoms with Crippen molar-refractivity contribution >= 4 is 11.8 Å². The molecule has 1 aliphatic rings. The van der Waals surface area contributed by atoms with Crippen LogP contribution in [0, 0.1) is 5.92 Å². The van der Waals surface area contributed by atoms with E-state index in [0.717, 1.165) is 0 Å². The summed E-state index contributed by atoms with van der Waals surface area (Å²) in [5.41, 5.74) is 0.417. The summed E-state index contributed by atoms with van der Waals surface area (Å²) in [6, 6.07) is 0. The molecule has 1 fully saturated rings. The molecule has 1 heterocycles. The lowest BCUT2D eigenvalue weighted by Crippen LogP contribution is -2.32. The quantitative estimate of drug-likeness (QED) is 0.453. The summed E-state index contributed by atoms with van der Waals surface area (Å²) >= 11 is 0. The van der Waals surface area contributed by atoms with Crippen LogP contribution >= 0.6 is 0 Å². The number of nitrogens with zero attached hydrogens (tertiary/aromatic N) is 1. The second-order valence-corrected chi connectivity index (χ2v) is 3.48. The lowest BCUT2D eigenvalue weighted by atomic mass is 10.2. The summed E-state index contributed by atoms with van der Waals surface area (Å²) < 4.78 is 0. The molecule has 1 aliphatic heterocycles. The van der Waals surface area contributed by atoms with E-state index in [0.29, 0.717) is 18.0 Å². The van der Waals surface area contributed by atoms with E-state index in [-0.39, 0.29) is 18.2 Å². The fourth-order valence-corrected chi connectivity index (χ4v) is 1.21. The van der Waals surface area contributed by atoms with E-state index in [1.807, 2.05) is 13.8 Å². The van der Waals surface area contributed by atoms with Crippen molar-refractivity contribution in [2.45, 2.75) is 20.3 Å². The van der Waals surface area contributed by atoms with Gasteiger partial charge in [-0.15, -0.1) is 0 Å². The van der Waals surface area contributed by atoms with E-state index in [1.54, 1.807) is 0 Å². The van der Waals surface area contributed by atoms with Gasteiger partial charge in [0.25, 0.3) is 5.91 Å². The molecule has 0 N–H and O–H groups in total. The van der Waals surface area contributed by atoms with Crippen molar-refractivity contribution in [2.75, 3.05) is 6.54 Å². The smallest absolute Gasteiger partial charge is 0.256 e. The first-order valence-corrected chi connectivity index (χ1v) is 4.05. The van der Waals surface area contributed by atoms with Crippen molar-refractivity contribution in [1.29, 1.82) is 0 Å². The summed E-state index contributed by atoms with van der Waals surface area (Å²) in [5.74, 6) is 0.0104. The summed E-state index contributed by atoms with van der Waals surface area (Å²) in [6.45, 7) is 7.99. The summed E-state index contributed by atoms with van der Waals surface area (Å²) in [6.07, 6.45) is 0.200. The number of rotatable bonds is 2. The van der Waals surface area contributed by atoms with Crippen LogP contribution in [0.2, 0.25) is 0 Å². The third-order valence-corrected chi connectivity index (χ3v) is 1.76. The van der Waals surface area contributed by atoms with E-state index >= 15 is 0 Å². The van der Waals surface area contributed by atoms with Crippen molar-refractivity contribution in [3.05, 3.63) is 12.2 Å². The number of hydrogen-bond donors (Lipinski definition) is 0. The van der Waals surface area contributed by atoms with Crippen LogP contribution in [0.5, 0.6) is 0 Å². The molecule has 1 rings (SSSR count). The minimum atomic E-state index is -0.200. The Morgan fingerprint density at radius 2 is 2.08 bits per heavy atom. The van der Waals surface area contributed by atoms with Crippen LogP contribution in [0.15, 0.2) is 12.2 Å². The van der Waals surface area contributed by atoms with Gasteiger partial charge in [0.15, 0.2) is 0 Å². The second kappa shape index (κ2) is 3.09. The normalized spacial score (nSPS) is 18.2. The molecule has 0 unspecified atom stereocenters. The number of amides is 2. The van der Waals surface area contributed by atoms with Gasteiger partial charge in [-0.05, 0) is 5.92 Å². The Labute approximate surface area is 72.0 Å². The first-order chi connectivity index (χ1) is 5.52. The highest BCUT2D eigenvalue weighted by Gasteiger charge is 2.32. The topological polar surface area (TPSA) is 37.4 Å². The summed E-state index contributed by atoms with van der Waals surface area (Å²) in [5, 5.41) is 0. The molecule has 0 aliphatic carbocycles. The molecule has 0 atom stereocenters. The van der Waals surface area contributed by atoms with Gasteiger partial charge in [-0.1, -0.05) is 20.4 Å². The van der Waals surface area contributed by atoms with Gasteiger partial charge in [-0.3, -0.25) is 14.5 Å². The van der Waals surface area contributed by atoms with Gasteiger partial charge in [0.05, 0.1) is 6.42 Å². The Morgan fingerprint density at radius 3 is 2.42 bits per heavy atom. The van der Waals surface area contributed by atoms with Gasteiger partial charge in [0, 0.05) is 12.1 Å². The highest BCUT2D eigenvalue weighted by atomic mass is 16.2.